The van der Waals surface area contributed by atoms with Gasteiger partial charge in [0.05, 0.1) is 34.7 Å². The van der Waals surface area contributed by atoms with E-state index in [2.05, 4.69) is 22.4 Å². The van der Waals surface area contributed by atoms with Crippen molar-refractivity contribution in [1.82, 2.24) is 10.3 Å². The van der Waals surface area contributed by atoms with Crippen molar-refractivity contribution in [1.29, 1.82) is 5.26 Å². The Kier molecular flexibility index (Phi) is 5.73. The fourth-order valence-electron chi connectivity index (χ4n) is 3.24. The molecule has 1 amide bonds. The third-order valence-electron chi connectivity index (χ3n) is 5.14. The van der Waals surface area contributed by atoms with Gasteiger partial charge in [-0.05, 0) is 36.1 Å². The van der Waals surface area contributed by atoms with E-state index in [0.29, 0.717) is 0 Å². The lowest BCUT2D eigenvalue weighted by Crippen LogP contribution is -2.31. The van der Waals surface area contributed by atoms with E-state index in [1.54, 1.807) is 0 Å². The van der Waals surface area contributed by atoms with E-state index in [0.717, 1.165) is 39.2 Å². The molecule has 150 valence electrons. The van der Waals surface area contributed by atoms with Crippen LogP contribution >= 0.6 is 11.3 Å². The number of nitrogens with one attached hydrogen (secondary N) is 1. The van der Waals surface area contributed by atoms with Crippen LogP contribution in [0.15, 0.2) is 48.5 Å². The van der Waals surface area contributed by atoms with Crippen molar-refractivity contribution in [2.45, 2.75) is 25.7 Å². The summed E-state index contributed by atoms with van der Waals surface area (Å²) in [5.74, 6) is -0.324. The zero-order chi connectivity index (χ0) is 21.0. The third-order valence-corrected chi connectivity index (χ3v) is 6.18. The average Bonchev–Trinajstić information content (AvgIpc) is 3.41. The van der Waals surface area contributed by atoms with Crippen molar-refractivity contribution in [2.24, 2.45) is 5.41 Å². The van der Waals surface area contributed by atoms with E-state index in [1.807, 2.05) is 54.6 Å². The molecule has 0 bridgehead atoms. The van der Waals surface area contributed by atoms with Crippen LogP contribution in [0.25, 0.3) is 22.4 Å². The monoisotopic (exact) mass is 415 g/mol. The Hall–Kier alpha value is -3.30. The van der Waals surface area contributed by atoms with Crippen LogP contribution in [-0.4, -0.2) is 23.2 Å². The quantitative estimate of drug-likeness (QED) is 0.553. The molecule has 5 nitrogen and oxygen atoms in total. The molecule has 4 rings (SSSR count). The Bertz CT molecular complexity index is 1150. The molecule has 1 heterocycles. The first-order chi connectivity index (χ1) is 14.5. The number of hydrogen-bond acceptors (Lipinski definition) is 5. The molecule has 1 aromatic heterocycles. The highest BCUT2D eigenvalue weighted by molar-refractivity contribution is 7.18. The van der Waals surface area contributed by atoms with Gasteiger partial charge in [0.1, 0.15) is 5.01 Å². The van der Waals surface area contributed by atoms with Crippen molar-refractivity contribution in [2.75, 3.05) is 6.54 Å². The number of fused-ring (bicyclic) bond motifs is 1. The molecule has 0 spiro atoms. The number of thiazole rings is 1. The molecule has 0 saturated heterocycles. The molecular weight excluding hydrogens is 394 g/mol. The minimum atomic E-state index is -0.471. The molecule has 0 radical (unpaired) electrons. The number of benzene rings is 2. The smallest absolute Gasteiger partial charge is 0.227 e. The van der Waals surface area contributed by atoms with E-state index in [9.17, 15) is 9.59 Å². The Balaban J connectivity index is 1.34. The minimum absolute atomic E-state index is 0.0262. The number of hydrogen-bond donors (Lipinski definition) is 1. The van der Waals surface area contributed by atoms with Crippen molar-refractivity contribution in [3.05, 3.63) is 64.7 Å². The first kappa shape index (κ1) is 20.0. The average molecular weight is 416 g/mol. The first-order valence-corrected chi connectivity index (χ1v) is 10.7. The van der Waals surface area contributed by atoms with Crippen molar-refractivity contribution >= 4 is 45.4 Å². The maximum Gasteiger partial charge on any atom is 0.227 e. The summed E-state index contributed by atoms with van der Waals surface area (Å²) < 4.78 is 1.02. The third kappa shape index (κ3) is 5.00. The molecule has 1 aliphatic carbocycles. The van der Waals surface area contributed by atoms with Crippen LogP contribution in [0, 0.1) is 16.7 Å². The lowest BCUT2D eigenvalue weighted by Gasteiger charge is -2.06. The number of carbonyl (C=O) groups excluding carboxylic acids is 2. The van der Waals surface area contributed by atoms with Crippen LogP contribution in [0.4, 0.5) is 0 Å². The van der Waals surface area contributed by atoms with Gasteiger partial charge in [0, 0.05) is 6.42 Å². The number of rotatable bonds is 8. The zero-order valence-corrected chi connectivity index (χ0v) is 17.2. The summed E-state index contributed by atoms with van der Waals surface area (Å²) in [6.07, 6.45) is 6.02. The van der Waals surface area contributed by atoms with Gasteiger partial charge in [0.25, 0.3) is 0 Å². The van der Waals surface area contributed by atoms with Crippen LogP contribution in [0.2, 0.25) is 0 Å². The fraction of sp³-hybridized carbons (Fsp3) is 0.250. The second-order valence-electron chi connectivity index (χ2n) is 7.64. The normalized spacial score (nSPS) is 14.5. The van der Waals surface area contributed by atoms with Crippen LogP contribution < -0.4 is 5.32 Å². The predicted molar refractivity (Wildman–Crippen MR) is 119 cm³/mol. The Labute approximate surface area is 179 Å². The lowest BCUT2D eigenvalue weighted by atomic mass is 10.0. The lowest BCUT2D eigenvalue weighted by molar-refractivity contribution is -0.125. The summed E-state index contributed by atoms with van der Waals surface area (Å²) in [5.41, 5.74) is 2.57. The van der Waals surface area contributed by atoms with Gasteiger partial charge in [0.2, 0.25) is 5.91 Å². The van der Waals surface area contributed by atoms with Crippen LogP contribution in [0.3, 0.4) is 0 Å². The number of carbonyl (C=O) groups is 2. The van der Waals surface area contributed by atoms with E-state index in [4.69, 9.17) is 5.26 Å². The molecule has 30 heavy (non-hydrogen) atoms. The van der Waals surface area contributed by atoms with Crippen molar-refractivity contribution in [3.63, 3.8) is 0 Å². The van der Waals surface area contributed by atoms with Crippen molar-refractivity contribution < 1.29 is 9.59 Å². The van der Waals surface area contributed by atoms with Gasteiger partial charge in [-0.1, -0.05) is 48.6 Å². The maximum absolute atomic E-state index is 12.2. The second-order valence-corrected chi connectivity index (χ2v) is 8.76. The summed E-state index contributed by atoms with van der Waals surface area (Å²) >= 11 is 1.48. The van der Waals surface area contributed by atoms with Crippen molar-refractivity contribution in [3.8, 4) is 6.07 Å². The van der Waals surface area contributed by atoms with Gasteiger partial charge in [-0.2, -0.15) is 5.26 Å². The van der Waals surface area contributed by atoms with Gasteiger partial charge < -0.3 is 5.32 Å². The molecule has 6 heteroatoms. The van der Waals surface area contributed by atoms with Crippen LogP contribution in [-0.2, 0) is 16.0 Å². The highest BCUT2D eigenvalue weighted by atomic mass is 32.1. The SMILES string of the molecule is N#CC1(CC(=O)CNC(=O)Cc2nc3cc(/C=C/c4ccccc4)ccc3s2)CC1. The molecular formula is C24H21N3O2S. The molecule has 2 aromatic carbocycles. The summed E-state index contributed by atoms with van der Waals surface area (Å²) in [4.78, 5) is 28.7. The summed E-state index contributed by atoms with van der Waals surface area (Å²) in [7, 11) is 0. The first-order valence-electron chi connectivity index (χ1n) is 9.88. The molecule has 0 aliphatic heterocycles. The fourth-order valence-corrected chi connectivity index (χ4v) is 4.19. The van der Waals surface area contributed by atoms with Gasteiger partial charge in [-0.15, -0.1) is 11.3 Å². The largest absolute Gasteiger partial charge is 0.349 e. The van der Waals surface area contributed by atoms with Gasteiger partial charge >= 0.3 is 0 Å². The summed E-state index contributed by atoms with van der Waals surface area (Å²) in [6.45, 7) is -0.0262. The summed E-state index contributed by atoms with van der Waals surface area (Å²) in [5, 5.41) is 12.4. The standard InChI is InChI=1S/C24H21N3O2S/c25-16-24(10-11-24)14-19(28)15-26-22(29)13-23-27-20-12-18(8-9-21(20)30-23)7-6-17-4-2-1-3-5-17/h1-9,12H,10-11,13-15H2,(H,26,29)/b7-6+. The minimum Gasteiger partial charge on any atom is -0.349 e. The number of amides is 1. The Morgan fingerprint density at radius 1 is 1.13 bits per heavy atom. The van der Waals surface area contributed by atoms with Gasteiger partial charge in [-0.25, -0.2) is 4.98 Å². The van der Waals surface area contributed by atoms with Crippen LogP contribution in [0.5, 0.6) is 0 Å². The molecule has 3 aromatic rings. The number of nitriles is 1. The Morgan fingerprint density at radius 3 is 2.63 bits per heavy atom. The number of ketones is 1. The van der Waals surface area contributed by atoms with E-state index in [-0.39, 0.29) is 31.1 Å². The number of aromatic nitrogens is 1. The second kappa shape index (κ2) is 8.60. The molecule has 0 unspecified atom stereocenters. The van der Waals surface area contributed by atoms with Gasteiger partial charge in [0.15, 0.2) is 5.78 Å². The molecule has 1 fully saturated rings. The molecule has 1 saturated carbocycles. The highest BCUT2D eigenvalue weighted by Gasteiger charge is 2.44. The van der Waals surface area contributed by atoms with Crippen LogP contribution in [0.1, 0.15) is 35.4 Å². The molecule has 0 atom stereocenters. The maximum atomic E-state index is 12.2. The topological polar surface area (TPSA) is 82.9 Å². The zero-order valence-electron chi connectivity index (χ0n) is 16.4. The molecule has 1 N–H and O–H groups in total. The predicted octanol–water partition coefficient (Wildman–Crippen LogP) is 4.39. The number of Topliss-reactive ketones (excluding diaryl/α,β-unsaturated/α-hetero) is 1. The van der Waals surface area contributed by atoms with E-state index >= 15 is 0 Å². The van der Waals surface area contributed by atoms with Gasteiger partial charge in [-0.3, -0.25) is 9.59 Å². The number of nitrogens with zero attached hydrogens (tertiary/aromatic N) is 2. The summed E-state index contributed by atoms with van der Waals surface area (Å²) in [6, 6.07) is 18.3. The Morgan fingerprint density at radius 2 is 1.90 bits per heavy atom. The van der Waals surface area contributed by atoms with E-state index in [1.165, 1.54) is 11.3 Å². The highest BCUT2D eigenvalue weighted by Crippen LogP contribution is 2.48. The van der Waals surface area contributed by atoms with E-state index < -0.39 is 5.41 Å². The molecule has 1 aliphatic rings.